The summed E-state index contributed by atoms with van der Waals surface area (Å²) in [5, 5.41) is 16.8. The van der Waals surface area contributed by atoms with Crippen molar-refractivity contribution in [1.29, 1.82) is 5.26 Å². The maximum atomic E-state index is 12.5. The van der Waals surface area contributed by atoms with Crippen LogP contribution in [0.3, 0.4) is 0 Å². The van der Waals surface area contributed by atoms with Crippen molar-refractivity contribution < 1.29 is 9.53 Å². The lowest BCUT2D eigenvalue weighted by atomic mass is 9.96. The molecule has 1 saturated carbocycles. The standard InChI is InChI=1S/C23H27N3O2S/c1-28-17-10-8-16(9-11-17)22(15-6-7-15)25-13-12-21(27)26-23-19(14-24)18-4-2-3-5-20(18)29-23/h8-11,15,22,25H,2-7,12-13H2,1H3,(H,26,27). The summed E-state index contributed by atoms with van der Waals surface area (Å²) in [5.41, 5.74) is 3.08. The van der Waals surface area contributed by atoms with E-state index >= 15 is 0 Å². The van der Waals surface area contributed by atoms with Crippen LogP contribution in [0.4, 0.5) is 5.00 Å². The molecule has 0 saturated heterocycles. The number of fused-ring (bicyclic) bond motifs is 1. The van der Waals surface area contributed by atoms with Crippen LogP contribution in [0.15, 0.2) is 24.3 Å². The first-order valence-corrected chi connectivity index (χ1v) is 11.2. The number of nitrogens with one attached hydrogen (secondary N) is 2. The van der Waals surface area contributed by atoms with Crippen LogP contribution in [-0.4, -0.2) is 19.6 Å². The average molecular weight is 410 g/mol. The van der Waals surface area contributed by atoms with Crippen LogP contribution in [0.1, 0.15) is 59.7 Å². The maximum absolute atomic E-state index is 12.5. The van der Waals surface area contributed by atoms with Gasteiger partial charge in [0.05, 0.1) is 12.7 Å². The van der Waals surface area contributed by atoms with Gasteiger partial charge in [-0.25, -0.2) is 0 Å². The second kappa shape index (κ2) is 8.98. The SMILES string of the molecule is COc1ccc(C(NCCC(=O)Nc2sc3c(c2C#N)CCCC3)C2CC2)cc1. The smallest absolute Gasteiger partial charge is 0.226 e. The van der Waals surface area contributed by atoms with E-state index in [1.54, 1.807) is 18.4 Å². The number of benzene rings is 1. The molecule has 0 spiro atoms. The molecule has 1 aromatic heterocycles. The van der Waals surface area contributed by atoms with E-state index in [0.29, 0.717) is 24.4 Å². The number of carbonyl (C=O) groups excluding carboxylic acids is 1. The van der Waals surface area contributed by atoms with Crippen molar-refractivity contribution >= 4 is 22.2 Å². The van der Waals surface area contributed by atoms with Crippen LogP contribution >= 0.6 is 11.3 Å². The fourth-order valence-corrected chi connectivity index (χ4v) is 5.36. The van der Waals surface area contributed by atoms with Gasteiger partial charge in [-0.3, -0.25) is 4.79 Å². The van der Waals surface area contributed by atoms with Gasteiger partial charge in [0.1, 0.15) is 16.8 Å². The summed E-state index contributed by atoms with van der Waals surface area (Å²) in [6.07, 6.45) is 7.12. The summed E-state index contributed by atoms with van der Waals surface area (Å²) >= 11 is 1.58. The van der Waals surface area contributed by atoms with E-state index in [4.69, 9.17) is 4.74 Å². The van der Waals surface area contributed by atoms with Gasteiger partial charge in [0.15, 0.2) is 0 Å². The molecule has 0 bridgehead atoms. The lowest BCUT2D eigenvalue weighted by Crippen LogP contribution is -2.27. The van der Waals surface area contributed by atoms with Crippen LogP contribution in [0.2, 0.25) is 0 Å². The molecular weight excluding hydrogens is 382 g/mol. The molecule has 2 aliphatic rings. The van der Waals surface area contributed by atoms with E-state index in [1.165, 1.54) is 29.7 Å². The highest BCUT2D eigenvalue weighted by atomic mass is 32.1. The molecular formula is C23H27N3O2S. The molecule has 4 rings (SSSR count). The summed E-state index contributed by atoms with van der Waals surface area (Å²) < 4.78 is 5.25. The second-order valence-corrected chi connectivity index (χ2v) is 8.97. The predicted molar refractivity (Wildman–Crippen MR) is 115 cm³/mol. The van der Waals surface area contributed by atoms with Gasteiger partial charge in [0.25, 0.3) is 0 Å². The van der Waals surface area contributed by atoms with Gasteiger partial charge < -0.3 is 15.4 Å². The number of methoxy groups -OCH3 is 1. The molecule has 5 nitrogen and oxygen atoms in total. The zero-order valence-corrected chi connectivity index (χ0v) is 17.6. The van der Waals surface area contributed by atoms with Gasteiger partial charge in [0, 0.05) is 23.9 Å². The molecule has 0 radical (unpaired) electrons. The third-order valence-corrected chi connectivity index (χ3v) is 7.03. The number of amides is 1. The van der Waals surface area contributed by atoms with Crippen molar-refractivity contribution in [2.75, 3.05) is 19.0 Å². The highest BCUT2D eigenvalue weighted by Gasteiger charge is 2.32. The molecule has 6 heteroatoms. The van der Waals surface area contributed by atoms with E-state index in [-0.39, 0.29) is 11.9 Å². The molecule has 1 heterocycles. The lowest BCUT2D eigenvalue weighted by molar-refractivity contribution is -0.116. The third kappa shape index (κ3) is 4.63. The highest BCUT2D eigenvalue weighted by Crippen LogP contribution is 2.41. The predicted octanol–water partition coefficient (Wildman–Crippen LogP) is 4.58. The first-order valence-electron chi connectivity index (χ1n) is 10.4. The Kier molecular flexibility index (Phi) is 6.17. The van der Waals surface area contributed by atoms with E-state index in [2.05, 4.69) is 28.8 Å². The quantitative estimate of drug-likeness (QED) is 0.669. The lowest BCUT2D eigenvalue weighted by Gasteiger charge is -2.19. The van der Waals surface area contributed by atoms with E-state index in [1.807, 2.05) is 12.1 Å². The van der Waals surface area contributed by atoms with Gasteiger partial charge in [-0.1, -0.05) is 12.1 Å². The number of ether oxygens (including phenoxy) is 1. The maximum Gasteiger partial charge on any atom is 0.226 e. The molecule has 1 aromatic carbocycles. The van der Waals surface area contributed by atoms with Gasteiger partial charge >= 0.3 is 0 Å². The number of nitrogens with zero attached hydrogens (tertiary/aromatic N) is 1. The van der Waals surface area contributed by atoms with Crippen molar-refractivity contribution in [3.8, 4) is 11.8 Å². The Morgan fingerprint density at radius 2 is 2.03 bits per heavy atom. The second-order valence-electron chi connectivity index (χ2n) is 7.87. The molecule has 1 unspecified atom stereocenters. The van der Waals surface area contributed by atoms with Crippen LogP contribution in [0, 0.1) is 17.2 Å². The molecule has 1 amide bonds. The van der Waals surface area contributed by atoms with Crippen molar-refractivity contribution in [2.24, 2.45) is 5.92 Å². The normalized spacial score (nSPS) is 16.6. The van der Waals surface area contributed by atoms with Crippen molar-refractivity contribution in [1.82, 2.24) is 5.32 Å². The molecule has 1 fully saturated rings. The van der Waals surface area contributed by atoms with E-state index in [0.717, 1.165) is 35.6 Å². The number of aryl methyl sites for hydroxylation is 1. The minimum atomic E-state index is -0.0307. The molecule has 2 N–H and O–H groups in total. The third-order valence-electron chi connectivity index (χ3n) is 5.82. The summed E-state index contributed by atoms with van der Waals surface area (Å²) in [4.78, 5) is 13.8. The summed E-state index contributed by atoms with van der Waals surface area (Å²) in [5.74, 6) is 1.46. The van der Waals surface area contributed by atoms with Crippen LogP contribution in [0.25, 0.3) is 0 Å². The van der Waals surface area contributed by atoms with Gasteiger partial charge in [0.2, 0.25) is 5.91 Å². The monoisotopic (exact) mass is 409 g/mol. The molecule has 2 aliphatic carbocycles. The van der Waals surface area contributed by atoms with Crippen molar-refractivity contribution in [2.45, 2.75) is 51.0 Å². The largest absolute Gasteiger partial charge is 0.497 e. The number of thiophene rings is 1. The van der Waals surface area contributed by atoms with Crippen LogP contribution in [0.5, 0.6) is 5.75 Å². The van der Waals surface area contributed by atoms with Crippen LogP contribution in [-0.2, 0) is 17.6 Å². The Morgan fingerprint density at radius 1 is 1.28 bits per heavy atom. The van der Waals surface area contributed by atoms with Crippen molar-refractivity contribution in [3.63, 3.8) is 0 Å². The number of hydrogen-bond acceptors (Lipinski definition) is 5. The van der Waals surface area contributed by atoms with E-state index in [9.17, 15) is 10.1 Å². The van der Waals surface area contributed by atoms with E-state index < -0.39 is 0 Å². The number of anilines is 1. The Balaban J connectivity index is 1.33. The number of nitriles is 1. The van der Waals surface area contributed by atoms with Gasteiger partial charge in [-0.2, -0.15) is 5.26 Å². The minimum absolute atomic E-state index is 0.0307. The fourth-order valence-electron chi connectivity index (χ4n) is 4.10. The Labute approximate surface area is 176 Å². The molecule has 1 atom stereocenters. The zero-order chi connectivity index (χ0) is 20.2. The summed E-state index contributed by atoms with van der Waals surface area (Å²) in [7, 11) is 1.67. The average Bonchev–Trinajstić information content (AvgIpc) is 3.52. The molecule has 2 aromatic rings. The number of hydrogen-bond donors (Lipinski definition) is 2. The number of carbonyl (C=O) groups is 1. The summed E-state index contributed by atoms with van der Waals surface area (Å²) in [6, 6.07) is 10.8. The Bertz CT molecular complexity index is 909. The Morgan fingerprint density at radius 3 is 2.72 bits per heavy atom. The fraction of sp³-hybridized carbons (Fsp3) is 0.478. The number of rotatable bonds is 8. The minimum Gasteiger partial charge on any atom is -0.497 e. The first-order chi connectivity index (χ1) is 14.2. The van der Waals surface area contributed by atoms with Crippen molar-refractivity contribution in [3.05, 3.63) is 45.8 Å². The molecule has 0 aliphatic heterocycles. The molecule has 29 heavy (non-hydrogen) atoms. The highest BCUT2D eigenvalue weighted by molar-refractivity contribution is 7.16. The summed E-state index contributed by atoms with van der Waals surface area (Å²) in [6.45, 7) is 0.617. The Hall–Kier alpha value is -2.36. The van der Waals surface area contributed by atoms with Crippen LogP contribution < -0.4 is 15.4 Å². The topological polar surface area (TPSA) is 74.2 Å². The van der Waals surface area contributed by atoms with Gasteiger partial charge in [-0.05, 0) is 67.7 Å². The first kappa shape index (κ1) is 19.9. The van der Waals surface area contributed by atoms with Gasteiger partial charge in [-0.15, -0.1) is 11.3 Å². The molecule has 152 valence electrons. The zero-order valence-electron chi connectivity index (χ0n) is 16.8.